The molecule has 1 saturated carbocycles. The highest BCUT2D eigenvalue weighted by Gasteiger charge is 2.41. The third-order valence-electron chi connectivity index (χ3n) is 6.87. The highest BCUT2D eigenvalue weighted by Crippen LogP contribution is 2.38. The molecule has 2 unspecified atom stereocenters. The molecule has 1 aromatic heterocycles. The molecule has 2 aromatic rings. The van der Waals surface area contributed by atoms with Gasteiger partial charge in [0.05, 0.1) is 6.10 Å². The van der Waals surface area contributed by atoms with Crippen LogP contribution >= 0.6 is 0 Å². The first-order chi connectivity index (χ1) is 13.2. The number of ketones is 1. The van der Waals surface area contributed by atoms with Gasteiger partial charge in [-0.1, -0.05) is 18.2 Å². The van der Waals surface area contributed by atoms with Gasteiger partial charge in [0.15, 0.2) is 5.78 Å². The molecule has 1 aliphatic carbocycles. The Morgan fingerprint density at radius 1 is 1.07 bits per heavy atom. The van der Waals surface area contributed by atoms with E-state index in [1.54, 1.807) is 6.92 Å². The zero-order valence-corrected chi connectivity index (χ0v) is 16.3. The fourth-order valence-electron chi connectivity index (χ4n) is 5.22. The van der Waals surface area contributed by atoms with Crippen molar-refractivity contribution in [3.05, 3.63) is 36.0 Å². The molecule has 5 rings (SSSR count). The third-order valence-corrected chi connectivity index (χ3v) is 6.87. The van der Waals surface area contributed by atoms with Crippen LogP contribution in [-0.2, 0) is 11.3 Å². The number of hydrogen-bond donors (Lipinski definition) is 0. The highest BCUT2D eigenvalue weighted by molar-refractivity contribution is 6.06. The fraction of sp³-hybridized carbons (Fsp3) is 0.609. The van der Waals surface area contributed by atoms with E-state index >= 15 is 0 Å². The average molecular weight is 367 g/mol. The minimum absolute atomic E-state index is 0.152. The van der Waals surface area contributed by atoms with Crippen molar-refractivity contribution in [2.24, 2.45) is 5.92 Å². The lowest BCUT2D eigenvalue weighted by molar-refractivity contribution is -0.0244. The first-order valence-corrected chi connectivity index (χ1v) is 10.6. The van der Waals surface area contributed by atoms with Crippen LogP contribution in [0.15, 0.2) is 30.5 Å². The van der Waals surface area contributed by atoms with Crippen molar-refractivity contribution in [2.75, 3.05) is 13.2 Å². The van der Waals surface area contributed by atoms with Crippen molar-refractivity contribution >= 4 is 16.7 Å². The molecule has 27 heavy (non-hydrogen) atoms. The Kier molecular flexibility index (Phi) is 4.57. The summed E-state index contributed by atoms with van der Waals surface area (Å²) in [5.41, 5.74) is 2.03. The number of aromatic nitrogens is 1. The normalized spacial score (nSPS) is 28.1. The molecule has 1 aromatic carbocycles. The van der Waals surface area contributed by atoms with Gasteiger partial charge >= 0.3 is 0 Å². The van der Waals surface area contributed by atoms with E-state index in [0.717, 1.165) is 36.6 Å². The Balaban J connectivity index is 1.26. The molecule has 0 spiro atoms. The number of carbonyl (C=O) groups excluding carboxylic acids is 1. The number of nitrogens with zero attached hydrogens (tertiary/aromatic N) is 2. The van der Waals surface area contributed by atoms with Gasteiger partial charge in [-0.25, -0.2) is 0 Å². The highest BCUT2D eigenvalue weighted by atomic mass is 16.5. The standard InChI is InChI=1S/C23H30N2O2/c1-16(26)22-14-24(23-5-3-2-4-21(22)23)10-11-25-18-8-9-19(25)13-20(12-18)27-15-17-6-7-17/h2-5,14,17-20H,6-13,15H2,1H3. The van der Waals surface area contributed by atoms with E-state index in [4.69, 9.17) is 4.74 Å². The second kappa shape index (κ2) is 7.06. The number of benzene rings is 1. The second-order valence-electron chi connectivity index (χ2n) is 8.80. The molecule has 2 atom stereocenters. The molecular weight excluding hydrogens is 336 g/mol. The topological polar surface area (TPSA) is 34.5 Å². The summed E-state index contributed by atoms with van der Waals surface area (Å²) < 4.78 is 8.50. The van der Waals surface area contributed by atoms with Crippen LogP contribution in [0.4, 0.5) is 0 Å². The van der Waals surface area contributed by atoms with Gasteiger partial charge in [-0.2, -0.15) is 0 Å². The number of fused-ring (bicyclic) bond motifs is 3. The number of carbonyl (C=O) groups is 1. The van der Waals surface area contributed by atoms with Crippen LogP contribution in [0.5, 0.6) is 0 Å². The van der Waals surface area contributed by atoms with Gasteiger partial charge in [-0.15, -0.1) is 0 Å². The quantitative estimate of drug-likeness (QED) is 0.687. The summed E-state index contributed by atoms with van der Waals surface area (Å²) in [6, 6.07) is 9.65. The summed E-state index contributed by atoms with van der Waals surface area (Å²) in [5, 5.41) is 1.08. The van der Waals surface area contributed by atoms with Crippen molar-refractivity contribution < 1.29 is 9.53 Å². The monoisotopic (exact) mass is 366 g/mol. The molecule has 2 bridgehead atoms. The maximum absolute atomic E-state index is 12.0. The lowest BCUT2D eigenvalue weighted by Crippen LogP contribution is -2.46. The van der Waals surface area contributed by atoms with E-state index in [9.17, 15) is 4.79 Å². The number of hydrogen-bond acceptors (Lipinski definition) is 3. The minimum Gasteiger partial charge on any atom is -0.378 e. The van der Waals surface area contributed by atoms with Gasteiger partial charge in [-0.05, 0) is 57.4 Å². The maximum Gasteiger partial charge on any atom is 0.161 e. The lowest BCUT2D eigenvalue weighted by atomic mass is 9.99. The van der Waals surface area contributed by atoms with Crippen LogP contribution in [0.1, 0.15) is 55.8 Å². The molecule has 4 heteroatoms. The van der Waals surface area contributed by atoms with Crippen LogP contribution in [0, 0.1) is 5.92 Å². The molecule has 2 aliphatic heterocycles. The Hall–Kier alpha value is -1.65. The minimum atomic E-state index is 0.152. The van der Waals surface area contributed by atoms with Crippen LogP contribution in [0.25, 0.3) is 10.9 Å². The summed E-state index contributed by atoms with van der Waals surface area (Å²) >= 11 is 0. The van der Waals surface area contributed by atoms with Crippen molar-refractivity contribution in [3.8, 4) is 0 Å². The van der Waals surface area contributed by atoms with E-state index in [1.807, 2.05) is 6.07 Å². The van der Waals surface area contributed by atoms with Gasteiger partial charge in [-0.3, -0.25) is 9.69 Å². The zero-order chi connectivity index (χ0) is 18.4. The largest absolute Gasteiger partial charge is 0.378 e. The van der Waals surface area contributed by atoms with Crippen LogP contribution in [-0.4, -0.2) is 46.6 Å². The molecule has 3 aliphatic rings. The predicted octanol–water partition coefficient (Wildman–Crippen LogP) is 4.27. The maximum atomic E-state index is 12.0. The molecule has 3 fully saturated rings. The third kappa shape index (κ3) is 3.45. The lowest BCUT2D eigenvalue weighted by Gasteiger charge is -2.39. The van der Waals surface area contributed by atoms with E-state index in [1.165, 1.54) is 44.0 Å². The smallest absolute Gasteiger partial charge is 0.161 e. The SMILES string of the molecule is CC(=O)c1cn(CCN2C3CCC2CC(OCC2CC2)C3)c2ccccc12. The summed E-state index contributed by atoms with van der Waals surface area (Å²) in [4.78, 5) is 14.7. The molecule has 144 valence electrons. The van der Waals surface area contributed by atoms with Gasteiger partial charge in [0.25, 0.3) is 0 Å². The first-order valence-electron chi connectivity index (χ1n) is 10.6. The van der Waals surface area contributed by atoms with Gasteiger partial charge in [0, 0.05) is 54.4 Å². The Labute approximate surface area is 161 Å². The number of ether oxygens (including phenoxy) is 1. The second-order valence-corrected chi connectivity index (χ2v) is 8.80. The zero-order valence-electron chi connectivity index (χ0n) is 16.3. The van der Waals surface area contributed by atoms with Crippen LogP contribution < -0.4 is 0 Å². The van der Waals surface area contributed by atoms with Crippen molar-refractivity contribution in [2.45, 2.75) is 70.2 Å². The molecule has 4 nitrogen and oxygen atoms in total. The molecule has 0 radical (unpaired) electrons. The number of Topliss-reactive ketones (excluding diaryl/α,β-unsaturated/α-hetero) is 1. The molecule has 0 amide bonds. The summed E-state index contributed by atoms with van der Waals surface area (Å²) in [5.74, 6) is 1.01. The van der Waals surface area contributed by atoms with E-state index in [2.05, 4.69) is 33.9 Å². The van der Waals surface area contributed by atoms with Crippen molar-refractivity contribution in [1.82, 2.24) is 9.47 Å². The van der Waals surface area contributed by atoms with E-state index in [-0.39, 0.29) is 5.78 Å². The fourth-order valence-corrected chi connectivity index (χ4v) is 5.22. The molecular formula is C23H30N2O2. The van der Waals surface area contributed by atoms with Crippen molar-refractivity contribution in [1.29, 1.82) is 0 Å². The number of para-hydroxylation sites is 1. The first kappa shape index (κ1) is 17.4. The average Bonchev–Trinajstić information content (AvgIpc) is 3.38. The van der Waals surface area contributed by atoms with E-state index in [0.29, 0.717) is 18.2 Å². The number of piperidine rings is 1. The number of rotatable bonds is 7. The Morgan fingerprint density at radius 3 is 2.52 bits per heavy atom. The van der Waals surface area contributed by atoms with Gasteiger partial charge in [0.1, 0.15) is 0 Å². The summed E-state index contributed by atoms with van der Waals surface area (Å²) in [7, 11) is 0. The van der Waals surface area contributed by atoms with Gasteiger partial charge in [0.2, 0.25) is 0 Å². The summed E-state index contributed by atoms with van der Waals surface area (Å²) in [6.45, 7) is 4.68. The molecule has 0 N–H and O–H groups in total. The Bertz CT molecular complexity index is 824. The molecule has 2 saturated heterocycles. The van der Waals surface area contributed by atoms with E-state index < -0.39 is 0 Å². The van der Waals surface area contributed by atoms with Crippen LogP contribution in [0.2, 0.25) is 0 Å². The van der Waals surface area contributed by atoms with Gasteiger partial charge < -0.3 is 9.30 Å². The predicted molar refractivity (Wildman–Crippen MR) is 107 cm³/mol. The van der Waals surface area contributed by atoms with Crippen LogP contribution in [0.3, 0.4) is 0 Å². The Morgan fingerprint density at radius 2 is 1.81 bits per heavy atom. The summed E-state index contributed by atoms with van der Waals surface area (Å²) in [6.07, 6.45) is 10.3. The van der Waals surface area contributed by atoms with Crippen molar-refractivity contribution in [3.63, 3.8) is 0 Å². The molecule has 3 heterocycles.